The second-order valence-corrected chi connectivity index (χ2v) is 8.46. The first kappa shape index (κ1) is 21.5. The van der Waals surface area contributed by atoms with E-state index in [9.17, 15) is 14.4 Å². The van der Waals surface area contributed by atoms with Crippen molar-refractivity contribution in [2.24, 2.45) is 0 Å². The molecule has 1 heterocycles. The molecule has 2 amide bonds. The summed E-state index contributed by atoms with van der Waals surface area (Å²) in [6.07, 6.45) is 0.0308. The normalized spacial score (nSPS) is 11.3. The highest BCUT2D eigenvalue weighted by Gasteiger charge is 2.18. The van der Waals surface area contributed by atoms with Gasteiger partial charge in [0, 0.05) is 15.9 Å². The van der Waals surface area contributed by atoms with Crippen LogP contribution in [0.2, 0.25) is 5.02 Å². The summed E-state index contributed by atoms with van der Waals surface area (Å²) >= 11 is 5.86. The van der Waals surface area contributed by atoms with E-state index in [1.54, 1.807) is 48.5 Å². The molecule has 156 valence electrons. The van der Waals surface area contributed by atoms with E-state index < -0.39 is 17.0 Å². The van der Waals surface area contributed by atoms with Crippen molar-refractivity contribution in [3.05, 3.63) is 75.2 Å². The molecule has 1 aromatic heterocycles. The summed E-state index contributed by atoms with van der Waals surface area (Å²) in [5, 5.41) is 8.66. The Balaban J connectivity index is 1.89. The molecule has 0 bridgehead atoms. The molecule has 0 saturated heterocycles. The fourth-order valence-corrected chi connectivity index (χ4v) is 3.15. The highest BCUT2D eigenvalue weighted by molar-refractivity contribution is 6.30. The molecule has 2 N–H and O–H groups in total. The first-order valence-corrected chi connectivity index (χ1v) is 9.86. The van der Waals surface area contributed by atoms with E-state index in [1.807, 2.05) is 20.8 Å². The van der Waals surface area contributed by atoms with Gasteiger partial charge in [-0.3, -0.25) is 14.4 Å². The van der Waals surface area contributed by atoms with Crippen molar-refractivity contribution in [3.8, 4) is 0 Å². The van der Waals surface area contributed by atoms with Crippen LogP contribution in [0.1, 0.15) is 32.0 Å². The van der Waals surface area contributed by atoms with Gasteiger partial charge in [0.15, 0.2) is 0 Å². The lowest BCUT2D eigenvalue weighted by Gasteiger charge is -2.20. The minimum absolute atomic E-state index is 0.0227. The maximum atomic E-state index is 12.8. The highest BCUT2D eigenvalue weighted by atomic mass is 35.5. The molecule has 0 aliphatic carbocycles. The van der Waals surface area contributed by atoms with Gasteiger partial charge < -0.3 is 5.32 Å². The zero-order valence-corrected chi connectivity index (χ0v) is 17.8. The van der Waals surface area contributed by atoms with Gasteiger partial charge in [-0.15, -0.1) is 4.79 Å². The van der Waals surface area contributed by atoms with E-state index >= 15 is 0 Å². The topological polar surface area (TPSA) is 93.1 Å². The number of fused-ring (bicyclic) bond motifs is 1. The molecular formula is C22H23ClN4O3. The molecule has 0 aliphatic heterocycles. The Hall–Kier alpha value is -3.19. The lowest BCUT2D eigenvalue weighted by Crippen LogP contribution is -2.42. The lowest BCUT2D eigenvalue weighted by atomic mass is 10.1. The first-order valence-electron chi connectivity index (χ1n) is 9.49. The highest BCUT2D eigenvalue weighted by Crippen LogP contribution is 2.14. The van der Waals surface area contributed by atoms with Gasteiger partial charge in [0.1, 0.15) is 0 Å². The summed E-state index contributed by atoms with van der Waals surface area (Å²) in [5.41, 5.74) is 2.81. The Kier molecular flexibility index (Phi) is 6.22. The molecule has 30 heavy (non-hydrogen) atoms. The minimum atomic E-state index is -0.463. The summed E-state index contributed by atoms with van der Waals surface area (Å²) in [5.74, 6) is -0.634. The third kappa shape index (κ3) is 5.45. The maximum absolute atomic E-state index is 12.8. The number of amides is 2. The number of halogens is 1. The first-order chi connectivity index (χ1) is 14.1. The number of rotatable bonds is 5. The van der Waals surface area contributed by atoms with Gasteiger partial charge in [-0.1, -0.05) is 41.9 Å². The second-order valence-electron chi connectivity index (χ2n) is 8.02. The van der Waals surface area contributed by atoms with Gasteiger partial charge in [0.2, 0.25) is 11.8 Å². The molecule has 7 nitrogen and oxygen atoms in total. The van der Waals surface area contributed by atoms with Crippen molar-refractivity contribution in [1.82, 2.24) is 15.2 Å². The van der Waals surface area contributed by atoms with Crippen LogP contribution >= 0.6 is 11.6 Å². The van der Waals surface area contributed by atoms with E-state index in [1.165, 1.54) is 0 Å². The molecule has 8 heteroatoms. The fourth-order valence-electron chi connectivity index (χ4n) is 3.02. The predicted octanol–water partition coefficient (Wildman–Crippen LogP) is 2.82. The maximum Gasteiger partial charge on any atom is 0.294 e. The zero-order valence-electron chi connectivity index (χ0n) is 17.0. The Labute approximate surface area is 179 Å². The molecule has 0 saturated carbocycles. The van der Waals surface area contributed by atoms with E-state index in [2.05, 4.69) is 15.8 Å². The van der Waals surface area contributed by atoms with Crippen molar-refractivity contribution in [2.75, 3.05) is 5.43 Å². The molecule has 0 radical (unpaired) electrons. The van der Waals surface area contributed by atoms with Crippen molar-refractivity contribution in [2.45, 2.75) is 39.2 Å². The number of nitrogens with one attached hydrogen (secondary N) is 2. The smallest absolute Gasteiger partial charge is 0.294 e. The molecule has 0 fully saturated rings. The zero-order chi connectivity index (χ0) is 21.9. The Morgan fingerprint density at radius 1 is 0.967 bits per heavy atom. The average Bonchev–Trinajstić information content (AvgIpc) is 2.66. The number of hydrogen-bond acceptors (Lipinski definition) is 4. The predicted molar refractivity (Wildman–Crippen MR) is 117 cm³/mol. The molecule has 0 unspecified atom stereocenters. The monoisotopic (exact) mass is 426 g/mol. The molecular weight excluding hydrogens is 404 g/mol. The summed E-state index contributed by atoms with van der Waals surface area (Å²) in [4.78, 5) is 38.6. The summed E-state index contributed by atoms with van der Waals surface area (Å²) in [6.45, 7) is 5.65. The van der Waals surface area contributed by atoms with Crippen LogP contribution in [-0.2, 0) is 22.4 Å². The Morgan fingerprint density at radius 2 is 1.60 bits per heavy atom. The molecule has 0 aliphatic rings. The van der Waals surface area contributed by atoms with Crippen LogP contribution in [-0.4, -0.2) is 27.2 Å². The van der Waals surface area contributed by atoms with E-state index in [4.69, 9.17) is 11.6 Å². The van der Waals surface area contributed by atoms with Crippen LogP contribution in [0, 0.1) is 0 Å². The quantitative estimate of drug-likeness (QED) is 0.656. The Bertz CT molecular complexity index is 1150. The van der Waals surface area contributed by atoms with Crippen LogP contribution in [0.25, 0.3) is 10.8 Å². The van der Waals surface area contributed by atoms with Crippen LogP contribution in [0.4, 0.5) is 0 Å². The standard InChI is InChI=1S/C22H23ClN4O3/c1-22(2,3)24-19(28)13-18-16-6-4-5-7-17(16)21(30)27(25-18)26-20(29)12-14-8-10-15(23)11-9-14/h4-11H,12-13H2,1-3H3,(H,24,28)(H,26,29). The average molecular weight is 427 g/mol. The fraction of sp³-hybridized carbons (Fsp3) is 0.273. The van der Waals surface area contributed by atoms with Gasteiger partial charge in [0.25, 0.3) is 5.56 Å². The number of aromatic nitrogens is 2. The van der Waals surface area contributed by atoms with E-state index in [0.717, 1.165) is 10.4 Å². The van der Waals surface area contributed by atoms with Gasteiger partial charge in [-0.25, -0.2) is 5.43 Å². The summed E-state index contributed by atoms with van der Waals surface area (Å²) in [7, 11) is 0. The van der Waals surface area contributed by atoms with Gasteiger partial charge in [-0.05, 0) is 44.5 Å². The van der Waals surface area contributed by atoms with Crippen molar-refractivity contribution < 1.29 is 9.59 Å². The third-order valence-electron chi connectivity index (χ3n) is 4.23. The largest absolute Gasteiger partial charge is 0.351 e. The molecule has 3 aromatic rings. The molecule has 0 atom stereocenters. The number of benzene rings is 2. The Morgan fingerprint density at radius 3 is 2.23 bits per heavy atom. The van der Waals surface area contributed by atoms with Crippen molar-refractivity contribution in [1.29, 1.82) is 0 Å². The number of hydrogen-bond donors (Lipinski definition) is 2. The molecule has 3 rings (SSSR count). The van der Waals surface area contributed by atoms with Crippen LogP contribution in [0.15, 0.2) is 53.3 Å². The second kappa shape index (κ2) is 8.67. The van der Waals surface area contributed by atoms with Crippen LogP contribution in [0.5, 0.6) is 0 Å². The van der Waals surface area contributed by atoms with Gasteiger partial charge >= 0.3 is 0 Å². The van der Waals surface area contributed by atoms with Gasteiger partial charge in [-0.2, -0.15) is 5.10 Å². The summed E-state index contributed by atoms with van der Waals surface area (Å²) in [6, 6.07) is 13.7. The van der Waals surface area contributed by atoms with Gasteiger partial charge in [0.05, 0.1) is 23.9 Å². The molecule has 2 aromatic carbocycles. The summed E-state index contributed by atoms with van der Waals surface area (Å²) < 4.78 is 0. The van der Waals surface area contributed by atoms with Crippen LogP contribution < -0.4 is 16.3 Å². The minimum Gasteiger partial charge on any atom is -0.351 e. The number of carbonyl (C=O) groups excluding carboxylic acids is 2. The van der Waals surface area contributed by atoms with E-state index in [0.29, 0.717) is 21.5 Å². The van der Waals surface area contributed by atoms with E-state index in [-0.39, 0.29) is 18.7 Å². The lowest BCUT2D eigenvalue weighted by molar-refractivity contribution is -0.121. The number of carbonyl (C=O) groups is 2. The van der Waals surface area contributed by atoms with Crippen molar-refractivity contribution in [3.63, 3.8) is 0 Å². The van der Waals surface area contributed by atoms with Crippen LogP contribution in [0.3, 0.4) is 0 Å². The SMILES string of the molecule is CC(C)(C)NC(=O)Cc1nn(NC(=O)Cc2ccc(Cl)cc2)c(=O)c2ccccc12. The van der Waals surface area contributed by atoms with Crippen molar-refractivity contribution >= 4 is 34.2 Å². The number of nitrogens with zero attached hydrogens (tertiary/aromatic N) is 2. The third-order valence-corrected chi connectivity index (χ3v) is 4.48. The molecule has 0 spiro atoms.